The third-order valence-electron chi connectivity index (χ3n) is 3.38. The Hall–Kier alpha value is -2.98. The lowest BCUT2D eigenvalue weighted by Crippen LogP contribution is -2.17. The van der Waals surface area contributed by atoms with Crippen molar-refractivity contribution in [2.75, 3.05) is 19.0 Å². The van der Waals surface area contributed by atoms with Gasteiger partial charge in [0.1, 0.15) is 17.1 Å². The monoisotopic (exact) mass is 370 g/mol. The molecule has 0 fully saturated rings. The normalized spacial score (nSPS) is 11.1. The summed E-state index contributed by atoms with van der Waals surface area (Å²) in [7, 11) is 1.34. The predicted octanol–water partition coefficient (Wildman–Crippen LogP) is 3.49. The third kappa shape index (κ3) is 5.26. The van der Waals surface area contributed by atoms with E-state index in [1.165, 1.54) is 18.9 Å². The Morgan fingerprint density at radius 3 is 2.54 bits per heavy atom. The van der Waals surface area contributed by atoms with Crippen molar-refractivity contribution in [3.8, 4) is 11.8 Å². The van der Waals surface area contributed by atoms with E-state index in [0.29, 0.717) is 21.9 Å². The standard InChI is InChI=1S/C19H18N2O4S/c1-13(19(23)24-2)26-17-6-4-3-5-16(17)18(22)21-14-7-9-15(10-8-14)25-12-11-20/h3-10,13H,12H2,1-2H3,(H,21,22)/t13-/m0/s1. The second-order valence-electron chi connectivity index (χ2n) is 5.20. The molecule has 2 aromatic rings. The fourth-order valence-corrected chi connectivity index (χ4v) is 3.13. The fraction of sp³-hybridized carbons (Fsp3) is 0.211. The Morgan fingerprint density at radius 2 is 1.88 bits per heavy atom. The number of rotatable bonds is 7. The van der Waals surface area contributed by atoms with Gasteiger partial charge < -0.3 is 14.8 Å². The van der Waals surface area contributed by atoms with Crippen molar-refractivity contribution >= 4 is 29.3 Å². The van der Waals surface area contributed by atoms with Gasteiger partial charge in [0.25, 0.3) is 5.91 Å². The van der Waals surface area contributed by atoms with Crippen molar-refractivity contribution in [1.82, 2.24) is 0 Å². The van der Waals surface area contributed by atoms with Crippen molar-refractivity contribution in [2.24, 2.45) is 0 Å². The molecule has 1 atom stereocenters. The van der Waals surface area contributed by atoms with Crippen LogP contribution in [0.3, 0.4) is 0 Å². The lowest BCUT2D eigenvalue weighted by Gasteiger charge is -2.13. The molecule has 0 radical (unpaired) electrons. The van der Waals surface area contributed by atoms with Gasteiger partial charge in [-0.05, 0) is 43.3 Å². The van der Waals surface area contributed by atoms with Gasteiger partial charge in [0, 0.05) is 10.6 Å². The Labute approximate surface area is 156 Å². The van der Waals surface area contributed by atoms with E-state index in [1.54, 1.807) is 49.4 Å². The molecule has 0 aliphatic rings. The highest BCUT2D eigenvalue weighted by Crippen LogP contribution is 2.28. The molecule has 0 spiro atoms. The minimum absolute atomic E-state index is 0.0331. The number of hydrogen-bond acceptors (Lipinski definition) is 6. The summed E-state index contributed by atoms with van der Waals surface area (Å²) in [6.45, 7) is 1.69. The van der Waals surface area contributed by atoms with E-state index in [-0.39, 0.29) is 18.5 Å². The summed E-state index contributed by atoms with van der Waals surface area (Å²) < 4.78 is 9.90. The molecule has 1 N–H and O–H groups in total. The summed E-state index contributed by atoms with van der Waals surface area (Å²) in [4.78, 5) is 24.9. The summed E-state index contributed by atoms with van der Waals surface area (Å²) in [6, 6.07) is 15.7. The number of nitriles is 1. The zero-order valence-electron chi connectivity index (χ0n) is 14.4. The number of carbonyl (C=O) groups excluding carboxylic acids is 2. The number of nitrogens with one attached hydrogen (secondary N) is 1. The Morgan fingerprint density at radius 1 is 1.19 bits per heavy atom. The number of esters is 1. The van der Waals surface area contributed by atoms with E-state index in [2.05, 4.69) is 5.32 Å². The SMILES string of the molecule is COC(=O)[C@H](C)Sc1ccccc1C(=O)Nc1ccc(OCC#N)cc1. The maximum Gasteiger partial charge on any atom is 0.318 e. The highest BCUT2D eigenvalue weighted by molar-refractivity contribution is 8.00. The van der Waals surface area contributed by atoms with E-state index in [4.69, 9.17) is 14.7 Å². The average molecular weight is 370 g/mol. The largest absolute Gasteiger partial charge is 0.479 e. The number of hydrogen-bond donors (Lipinski definition) is 1. The van der Waals surface area contributed by atoms with Gasteiger partial charge in [-0.15, -0.1) is 11.8 Å². The van der Waals surface area contributed by atoms with Crippen LogP contribution >= 0.6 is 11.8 Å². The quantitative estimate of drug-likeness (QED) is 0.593. The summed E-state index contributed by atoms with van der Waals surface area (Å²) >= 11 is 1.27. The van der Waals surface area contributed by atoms with Crippen LogP contribution in [0.5, 0.6) is 5.75 Å². The Balaban J connectivity index is 2.10. The highest BCUT2D eigenvalue weighted by atomic mass is 32.2. The summed E-state index contributed by atoms with van der Waals surface area (Å²) in [5.41, 5.74) is 1.07. The molecule has 0 saturated heterocycles. The molecule has 0 aliphatic heterocycles. The van der Waals surface area contributed by atoms with Crippen LogP contribution in [0.2, 0.25) is 0 Å². The van der Waals surface area contributed by atoms with Crippen LogP contribution in [0, 0.1) is 11.3 Å². The molecule has 0 aromatic heterocycles. The van der Waals surface area contributed by atoms with E-state index in [1.807, 2.05) is 12.1 Å². The Bertz CT molecular complexity index is 815. The average Bonchev–Trinajstić information content (AvgIpc) is 2.67. The molecule has 2 rings (SSSR count). The summed E-state index contributed by atoms with van der Waals surface area (Å²) in [5.74, 6) is -0.0820. The van der Waals surface area contributed by atoms with Crippen LogP contribution in [-0.2, 0) is 9.53 Å². The number of nitrogens with zero attached hydrogens (tertiary/aromatic N) is 1. The lowest BCUT2D eigenvalue weighted by molar-refractivity contribution is -0.139. The molecule has 134 valence electrons. The molecule has 7 heteroatoms. The van der Waals surface area contributed by atoms with E-state index >= 15 is 0 Å². The molecule has 2 aromatic carbocycles. The van der Waals surface area contributed by atoms with Crippen LogP contribution in [0.4, 0.5) is 5.69 Å². The molecule has 1 amide bonds. The second-order valence-corrected chi connectivity index (χ2v) is 6.59. The van der Waals surface area contributed by atoms with E-state index in [9.17, 15) is 9.59 Å². The number of benzene rings is 2. The van der Waals surface area contributed by atoms with Crippen molar-refractivity contribution in [1.29, 1.82) is 5.26 Å². The maximum absolute atomic E-state index is 12.6. The van der Waals surface area contributed by atoms with Gasteiger partial charge in [0.15, 0.2) is 6.61 Å². The van der Waals surface area contributed by atoms with Gasteiger partial charge in [0.05, 0.1) is 12.7 Å². The van der Waals surface area contributed by atoms with Crippen LogP contribution in [0.25, 0.3) is 0 Å². The van der Waals surface area contributed by atoms with Crippen molar-refractivity contribution < 1.29 is 19.1 Å². The molecule has 0 heterocycles. The second kappa shape index (κ2) is 9.49. The number of amides is 1. The van der Waals surface area contributed by atoms with E-state index < -0.39 is 5.25 Å². The molecule has 26 heavy (non-hydrogen) atoms. The number of methoxy groups -OCH3 is 1. The summed E-state index contributed by atoms with van der Waals surface area (Å²) in [6.07, 6.45) is 0. The smallest absolute Gasteiger partial charge is 0.318 e. The van der Waals surface area contributed by atoms with Gasteiger partial charge in [-0.3, -0.25) is 9.59 Å². The fourth-order valence-electron chi connectivity index (χ4n) is 2.11. The Kier molecular flexibility index (Phi) is 7.06. The topological polar surface area (TPSA) is 88.4 Å². The minimum Gasteiger partial charge on any atom is -0.479 e. The number of anilines is 1. The first-order chi connectivity index (χ1) is 12.5. The van der Waals surface area contributed by atoms with Gasteiger partial charge >= 0.3 is 5.97 Å². The van der Waals surface area contributed by atoms with Gasteiger partial charge in [-0.25, -0.2) is 0 Å². The first-order valence-electron chi connectivity index (χ1n) is 7.80. The van der Waals surface area contributed by atoms with Gasteiger partial charge in [-0.2, -0.15) is 5.26 Å². The highest BCUT2D eigenvalue weighted by Gasteiger charge is 2.19. The van der Waals surface area contributed by atoms with Crippen molar-refractivity contribution in [2.45, 2.75) is 17.1 Å². The summed E-state index contributed by atoms with van der Waals surface area (Å²) in [5, 5.41) is 10.9. The third-order valence-corrected chi connectivity index (χ3v) is 4.54. The molecular formula is C19H18N2O4S. The van der Waals surface area contributed by atoms with Crippen LogP contribution in [0.15, 0.2) is 53.4 Å². The van der Waals surface area contributed by atoms with Gasteiger partial charge in [-0.1, -0.05) is 12.1 Å². The first-order valence-corrected chi connectivity index (χ1v) is 8.67. The molecule has 0 bridgehead atoms. The van der Waals surface area contributed by atoms with Crippen LogP contribution in [0.1, 0.15) is 17.3 Å². The number of carbonyl (C=O) groups is 2. The minimum atomic E-state index is -0.425. The van der Waals surface area contributed by atoms with Gasteiger partial charge in [0.2, 0.25) is 0 Å². The molecule has 0 unspecified atom stereocenters. The number of thioether (sulfide) groups is 1. The lowest BCUT2D eigenvalue weighted by atomic mass is 10.2. The number of ether oxygens (including phenoxy) is 2. The molecule has 0 aliphatic carbocycles. The van der Waals surface area contributed by atoms with Crippen molar-refractivity contribution in [3.63, 3.8) is 0 Å². The van der Waals surface area contributed by atoms with Crippen LogP contribution < -0.4 is 10.1 Å². The first kappa shape index (κ1) is 19.3. The van der Waals surface area contributed by atoms with Crippen LogP contribution in [-0.4, -0.2) is 30.8 Å². The van der Waals surface area contributed by atoms with Crippen molar-refractivity contribution in [3.05, 3.63) is 54.1 Å². The zero-order chi connectivity index (χ0) is 18.9. The molecular weight excluding hydrogens is 352 g/mol. The predicted molar refractivity (Wildman–Crippen MR) is 99.3 cm³/mol. The molecule has 6 nitrogen and oxygen atoms in total. The molecule has 0 saturated carbocycles. The van der Waals surface area contributed by atoms with E-state index in [0.717, 1.165) is 0 Å². The zero-order valence-corrected chi connectivity index (χ0v) is 15.2. The maximum atomic E-state index is 12.6.